The minimum absolute atomic E-state index is 0.115. The number of hydrogen-bond acceptors (Lipinski definition) is 5. The molecule has 0 radical (unpaired) electrons. The summed E-state index contributed by atoms with van der Waals surface area (Å²) in [6, 6.07) is 0.169. The normalized spacial score (nSPS) is 30.8. The molecule has 1 aromatic heterocycles. The molecule has 1 N–H and O–H groups in total. The molecule has 92 valence electrons. The van der Waals surface area contributed by atoms with E-state index in [-0.39, 0.29) is 18.0 Å². The Morgan fingerprint density at radius 3 is 3.06 bits per heavy atom. The van der Waals surface area contributed by atoms with Gasteiger partial charge in [0.25, 0.3) is 0 Å². The van der Waals surface area contributed by atoms with Crippen LogP contribution in [0.1, 0.15) is 19.3 Å². The van der Waals surface area contributed by atoms with E-state index in [0.717, 1.165) is 19.3 Å². The van der Waals surface area contributed by atoms with Crippen molar-refractivity contribution in [3.8, 4) is 0 Å². The zero-order valence-corrected chi connectivity index (χ0v) is 9.50. The fraction of sp³-hybridized carbons (Fsp3) is 0.700. The molecule has 7 heteroatoms. The number of nitrogens with one attached hydrogen (secondary N) is 1. The molecule has 3 rings (SSSR count). The van der Waals surface area contributed by atoms with Gasteiger partial charge in [0.05, 0.1) is 18.2 Å². The van der Waals surface area contributed by atoms with Crippen LogP contribution in [-0.2, 0) is 11.8 Å². The van der Waals surface area contributed by atoms with Gasteiger partial charge in [-0.05, 0) is 29.2 Å². The number of ether oxygens (including phenoxy) is 1. The molecule has 2 fully saturated rings. The third-order valence-corrected chi connectivity index (χ3v) is 3.52. The highest BCUT2D eigenvalue weighted by Crippen LogP contribution is 2.37. The van der Waals surface area contributed by atoms with Crippen molar-refractivity contribution in [1.29, 1.82) is 0 Å². The summed E-state index contributed by atoms with van der Waals surface area (Å²) in [4.78, 5) is 14.1. The van der Waals surface area contributed by atoms with E-state index in [0.29, 0.717) is 11.9 Å². The summed E-state index contributed by atoms with van der Waals surface area (Å²) in [7, 11) is 1.75. The molecule has 7 nitrogen and oxygen atoms in total. The summed E-state index contributed by atoms with van der Waals surface area (Å²) in [5, 5.41) is 14.0. The second-order valence-corrected chi connectivity index (χ2v) is 4.65. The molecule has 2 aliphatic rings. The molecular formula is C10H14N4O3. The van der Waals surface area contributed by atoms with Gasteiger partial charge in [-0.25, -0.2) is 0 Å². The molecule has 2 aliphatic heterocycles. The van der Waals surface area contributed by atoms with E-state index < -0.39 is 4.92 Å². The van der Waals surface area contributed by atoms with E-state index in [9.17, 15) is 10.1 Å². The number of hydrogen-bond donors (Lipinski definition) is 1. The van der Waals surface area contributed by atoms with Crippen LogP contribution < -0.4 is 5.32 Å². The largest absolute Gasteiger partial charge is 0.406 e. The van der Waals surface area contributed by atoms with E-state index in [1.807, 2.05) is 0 Å². The van der Waals surface area contributed by atoms with Gasteiger partial charge in [-0.3, -0.25) is 4.57 Å². The average Bonchev–Trinajstić information content (AvgIpc) is 2.95. The third-order valence-electron chi connectivity index (χ3n) is 3.52. The zero-order valence-electron chi connectivity index (χ0n) is 9.50. The van der Waals surface area contributed by atoms with Crippen molar-refractivity contribution in [2.45, 2.75) is 37.5 Å². The molecular weight excluding hydrogens is 224 g/mol. The summed E-state index contributed by atoms with van der Waals surface area (Å²) < 4.78 is 7.35. The minimum atomic E-state index is -0.462. The van der Waals surface area contributed by atoms with Crippen molar-refractivity contribution in [3.63, 3.8) is 0 Å². The first-order valence-electron chi connectivity index (χ1n) is 5.73. The van der Waals surface area contributed by atoms with Gasteiger partial charge < -0.3 is 20.2 Å². The summed E-state index contributed by atoms with van der Waals surface area (Å²) >= 11 is 0. The Kier molecular flexibility index (Phi) is 2.29. The maximum Gasteiger partial charge on any atom is 0.406 e. The Morgan fingerprint density at radius 1 is 1.65 bits per heavy atom. The topological polar surface area (TPSA) is 82.2 Å². The third kappa shape index (κ3) is 1.66. The predicted octanol–water partition coefficient (Wildman–Crippen LogP) is 1.06. The molecule has 0 saturated carbocycles. The van der Waals surface area contributed by atoms with Gasteiger partial charge in [0.15, 0.2) is 0 Å². The number of aryl methyl sites for hydroxylation is 1. The Labute approximate surface area is 97.9 Å². The lowest BCUT2D eigenvalue weighted by Gasteiger charge is -2.20. The number of anilines is 1. The SMILES string of the molecule is Cn1cnc([N+](=O)[O-])c1NC1CC2CCC1O2. The van der Waals surface area contributed by atoms with Crippen molar-refractivity contribution in [2.24, 2.45) is 7.05 Å². The highest BCUT2D eigenvalue weighted by Gasteiger charge is 2.41. The van der Waals surface area contributed by atoms with Crippen molar-refractivity contribution in [1.82, 2.24) is 9.55 Å². The zero-order chi connectivity index (χ0) is 12.0. The van der Waals surface area contributed by atoms with Crippen LogP contribution in [-0.4, -0.2) is 32.7 Å². The standard InChI is InChI=1S/C10H14N4O3/c1-13-5-11-9(14(15)16)10(13)12-7-4-6-2-3-8(7)17-6/h5-8,12H,2-4H2,1H3. The maximum absolute atomic E-state index is 10.8. The van der Waals surface area contributed by atoms with E-state index in [4.69, 9.17) is 4.74 Å². The summed E-state index contributed by atoms with van der Waals surface area (Å²) in [6.45, 7) is 0. The molecule has 2 saturated heterocycles. The highest BCUT2D eigenvalue weighted by molar-refractivity contribution is 5.53. The lowest BCUT2D eigenvalue weighted by atomic mass is 9.95. The van der Waals surface area contributed by atoms with Gasteiger partial charge in [-0.1, -0.05) is 0 Å². The smallest absolute Gasteiger partial charge is 0.373 e. The van der Waals surface area contributed by atoms with Crippen LogP contribution in [0.2, 0.25) is 0 Å². The predicted molar refractivity (Wildman–Crippen MR) is 59.8 cm³/mol. The molecule has 1 aromatic rings. The summed E-state index contributed by atoms with van der Waals surface area (Å²) in [5.74, 6) is 0.353. The van der Waals surface area contributed by atoms with E-state index in [1.54, 1.807) is 11.6 Å². The molecule has 3 unspecified atom stereocenters. The van der Waals surface area contributed by atoms with Crippen LogP contribution in [0.3, 0.4) is 0 Å². The first kappa shape index (κ1) is 10.5. The number of imidazole rings is 1. The Morgan fingerprint density at radius 2 is 2.47 bits per heavy atom. The molecule has 0 aliphatic carbocycles. The van der Waals surface area contributed by atoms with Crippen LogP contribution >= 0.6 is 0 Å². The Bertz CT molecular complexity index is 458. The molecule has 17 heavy (non-hydrogen) atoms. The van der Waals surface area contributed by atoms with Gasteiger partial charge in [0.1, 0.15) is 0 Å². The summed E-state index contributed by atoms with van der Waals surface area (Å²) in [6.07, 6.45) is 5.03. The number of aromatic nitrogens is 2. The van der Waals surface area contributed by atoms with Crippen LogP contribution in [0.5, 0.6) is 0 Å². The van der Waals surface area contributed by atoms with Gasteiger partial charge in [-0.15, -0.1) is 0 Å². The lowest BCUT2D eigenvalue weighted by molar-refractivity contribution is -0.388. The molecule has 0 aromatic carbocycles. The first-order valence-corrected chi connectivity index (χ1v) is 5.73. The fourth-order valence-corrected chi connectivity index (χ4v) is 2.68. The van der Waals surface area contributed by atoms with Crippen molar-refractivity contribution in [3.05, 3.63) is 16.4 Å². The van der Waals surface area contributed by atoms with Crippen LogP contribution in [0.25, 0.3) is 0 Å². The van der Waals surface area contributed by atoms with E-state index >= 15 is 0 Å². The number of fused-ring (bicyclic) bond motifs is 2. The highest BCUT2D eigenvalue weighted by atomic mass is 16.6. The molecule has 3 heterocycles. The summed E-state index contributed by atoms with van der Waals surface area (Å²) in [5.41, 5.74) is 0. The van der Waals surface area contributed by atoms with Gasteiger partial charge in [-0.2, -0.15) is 0 Å². The van der Waals surface area contributed by atoms with Crippen molar-refractivity contribution in [2.75, 3.05) is 5.32 Å². The molecule has 3 atom stereocenters. The van der Waals surface area contributed by atoms with E-state index in [1.165, 1.54) is 6.33 Å². The number of nitrogens with zero attached hydrogens (tertiary/aromatic N) is 3. The molecule has 0 amide bonds. The maximum atomic E-state index is 10.8. The van der Waals surface area contributed by atoms with Gasteiger partial charge in [0, 0.05) is 7.05 Å². The quantitative estimate of drug-likeness (QED) is 0.629. The van der Waals surface area contributed by atoms with Crippen LogP contribution in [0.4, 0.5) is 11.6 Å². The average molecular weight is 238 g/mol. The van der Waals surface area contributed by atoms with E-state index in [2.05, 4.69) is 10.3 Å². The van der Waals surface area contributed by atoms with Crippen molar-refractivity contribution < 1.29 is 9.66 Å². The fourth-order valence-electron chi connectivity index (χ4n) is 2.68. The Balaban J connectivity index is 1.81. The number of rotatable bonds is 3. The lowest BCUT2D eigenvalue weighted by Crippen LogP contribution is -2.31. The van der Waals surface area contributed by atoms with Gasteiger partial charge in [0.2, 0.25) is 12.1 Å². The van der Waals surface area contributed by atoms with Crippen LogP contribution in [0.15, 0.2) is 6.33 Å². The second kappa shape index (κ2) is 3.69. The monoisotopic (exact) mass is 238 g/mol. The minimum Gasteiger partial charge on any atom is -0.373 e. The first-order chi connectivity index (χ1) is 8.15. The Hall–Kier alpha value is -1.63. The number of nitro groups is 1. The van der Waals surface area contributed by atoms with Crippen molar-refractivity contribution >= 4 is 11.6 Å². The molecule has 2 bridgehead atoms. The van der Waals surface area contributed by atoms with Crippen LogP contribution in [0, 0.1) is 10.1 Å². The second-order valence-electron chi connectivity index (χ2n) is 4.65. The van der Waals surface area contributed by atoms with Gasteiger partial charge >= 0.3 is 5.82 Å². The molecule has 0 spiro atoms.